The minimum absolute atomic E-state index is 0.0728. The fraction of sp³-hybridized carbons (Fsp3) is 0.310. The molecular formula is C29H31NO10. The smallest absolute Gasteiger partial charge is 0.303 e. The van der Waals surface area contributed by atoms with Gasteiger partial charge in [-0.15, -0.1) is 0 Å². The molecule has 4 atom stereocenters. The molecule has 0 radical (unpaired) electrons. The van der Waals surface area contributed by atoms with Crippen LogP contribution in [0.1, 0.15) is 39.0 Å². The van der Waals surface area contributed by atoms with Crippen LogP contribution in [0.25, 0.3) is 22.7 Å². The highest BCUT2D eigenvalue weighted by Crippen LogP contribution is 2.31. The Hall–Kier alpha value is -4.64. The van der Waals surface area contributed by atoms with Crippen molar-refractivity contribution in [2.45, 2.75) is 52.3 Å². The van der Waals surface area contributed by atoms with Crippen molar-refractivity contribution in [3.63, 3.8) is 0 Å². The van der Waals surface area contributed by atoms with E-state index in [0.29, 0.717) is 5.69 Å². The molecule has 0 saturated heterocycles. The van der Waals surface area contributed by atoms with E-state index in [1.54, 1.807) is 6.07 Å². The first-order valence-corrected chi connectivity index (χ1v) is 12.3. The van der Waals surface area contributed by atoms with Crippen molar-refractivity contribution in [1.82, 2.24) is 4.98 Å². The maximum Gasteiger partial charge on any atom is 0.303 e. The molecule has 3 aromatic rings. The third-order valence-corrected chi connectivity index (χ3v) is 5.64. The van der Waals surface area contributed by atoms with Gasteiger partial charge in [-0.2, -0.15) is 0 Å². The molecule has 2 aromatic carbocycles. The lowest BCUT2D eigenvalue weighted by Crippen LogP contribution is -2.51. The van der Waals surface area contributed by atoms with E-state index in [2.05, 4.69) is 4.98 Å². The molecule has 0 aliphatic carbocycles. The quantitative estimate of drug-likeness (QED) is 0.152. The van der Waals surface area contributed by atoms with Crippen LogP contribution in [0.2, 0.25) is 0 Å². The normalized spacial score (nSPS) is 14.5. The molecule has 0 aliphatic rings. The van der Waals surface area contributed by atoms with Crippen molar-refractivity contribution in [3.8, 4) is 11.5 Å². The zero-order chi connectivity index (χ0) is 29.4. The van der Waals surface area contributed by atoms with E-state index >= 15 is 0 Å². The number of nitrogens with zero attached hydrogens (tertiary/aromatic N) is 1. The molecular weight excluding hydrogens is 522 g/mol. The molecule has 1 aromatic heterocycles. The van der Waals surface area contributed by atoms with Crippen LogP contribution in [0.4, 0.5) is 0 Å². The zero-order valence-electron chi connectivity index (χ0n) is 22.7. The lowest BCUT2D eigenvalue weighted by molar-refractivity contribution is -0.215. The van der Waals surface area contributed by atoms with Gasteiger partial charge in [0.15, 0.2) is 6.10 Å². The number of ether oxygens (including phenoxy) is 5. The Bertz CT molecular complexity index is 1400. The van der Waals surface area contributed by atoms with Gasteiger partial charge in [-0.1, -0.05) is 24.3 Å². The summed E-state index contributed by atoms with van der Waals surface area (Å²) in [6.07, 6.45) is -3.63. The van der Waals surface area contributed by atoms with E-state index in [1.807, 2.05) is 30.3 Å². The van der Waals surface area contributed by atoms with Crippen molar-refractivity contribution in [2.24, 2.45) is 0 Å². The number of pyridine rings is 1. The number of fused-ring (bicyclic) bond motifs is 1. The minimum atomic E-state index is -1.37. The molecule has 0 fully saturated rings. The topological polar surface area (TPSA) is 151 Å². The molecule has 212 valence electrons. The number of methoxy groups -OCH3 is 1. The third kappa shape index (κ3) is 7.93. The summed E-state index contributed by atoms with van der Waals surface area (Å²) in [5.74, 6) is -2.59. The molecule has 2 N–H and O–H groups in total. The van der Waals surface area contributed by atoms with Crippen LogP contribution >= 0.6 is 0 Å². The number of carbonyl (C=O) groups excluding carboxylic acids is 3. The molecule has 0 amide bonds. The number of hydrogen-bond donors (Lipinski definition) is 2. The number of phenolic OH excluding ortho intramolecular Hbond substituents is 1. The Kier molecular flexibility index (Phi) is 10.0. The first-order valence-electron chi connectivity index (χ1n) is 12.3. The highest BCUT2D eigenvalue weighted by molar-refractivity contribution is 5.83. The SMILES string of the molecule is CO[C@@H](Oc1ccc(/C(O)=C/c2ccc3ccccc3n2)c(O)c1)[C@@H](OC(C)=O)[C@@H](OC(C)=O)[C@H](C)OC(C)=O. The second-order valence-corrected chi connectivity index (χ2v) is 8.82. The summed E-state index contributed by atoms with van der Waals surface area (Å²) in [5.41, 5.74) is 1.34. The van der Waals surface area contributed by atoms with Crippen LogP contribution in [-0.4, -0.2) is 64.8 Å². The number of aliphatic hydroxyl groups is 1. The van der Waals surface area contributed by atoms with Gasteiger partial charge in [0, 0.05) is 45.4 Å². The Morgan fingerprint density at radius 3 is 2.15 bits per heavy atom. The van der Waals surface area contributed by atoms with E-state index in [-0.39, 0.29) is 22.8 Å². The molecule has 1 heterocycles. The Labute approximate surface area is 230 Å². The van der Waals surface area contributed by atoms with Crippen molar-refractivity contribution in [3.05, 3.63) is 65.9 Å². The van der Waals surface area contributed by atoms with Gasteiger partial charge >= 0.3 is 17.9 Å². The summed E-state index contributed by atoms with van der Waals surface area (Å²) >= 11 is 0. The average Bonchev–Trinajstić information content (AvgIpc) is 2.88. The number of esters is 3. The Balaban J connectivity index is 1.87. The summed E-state index contributed by atoms with van der Waals surface area (Å²) in [5, 5.41) is 22.3. The highest BCUT2D eigenvalue weighted by Gasteiger charge is 2.41. The van der Waals surface area contributed by atoms with Gasteiger partial charge in [0.1, 0.15) is 23.4 Å². The van der Waals surface area contributed by atoms with Crippen LogP contribution in [0, 0.1) is 0 Å². The summed E-state index contributed by atoms with van der Waals surface area (Å²) in [7, 11) is 1.27. The van der Waals surface area contributed by atoms with E-state index < -0.39 is 42.5 Å². The van der Waals surface area contributed by atoms with Gasteiger partial charge in [0.2, 0.25) is 12.4 Å². The van der Waals surface area contributed by atoms with Gasteiger partial charge in [-0.25, -0.2) is 4.98 Å². The van der Waals surface area contributed by atoms with Crippen molar-refractivity contribution in [1.29, 1.82) is 0 Å². The first kappa shape index (κ1) is 29.9. The number of carbonyl (C=O) groups is 3. The number of aliphatic hydroxyl groups excluding tert-OH is 1. The minimum Gasteiger partial charge on any atom is -0.507 e. The van der Waals surface area contributed by atoms with E-state index in [0.717, 1.165) is 24.8 Å². The fourth-order valence-corrected chi connectivity index (χ4v) is 3.98. The lowest BCUT2D eigenvalue weighted by atomic mass is 10.1. The average molecular weight is 554 g/mol. The predicted octanol–water partition coefficient (Wildman–Crippen LogP) is 4.16. The monoisotopic (exact) mass is 553 g/mol. The number of phenols is 1. The van der Waals surface area contributed by atoms with E-state index in [1.165, 1.54) is 45.2 Å². The molecule has 11 nitrogen and oxygen atoms in total. The summed E-state index contributed by atoms with van der Waals surface area (Å²) in [4.78, 5) is 39.7. The van der Waals surface area contributed by atoms with Gasteiger partial charge in [-0.05, 0) is 31.2 Å². The van der Waals surface area contributed by atoms with Gasteiger partial charge < -0.3 is 33.9 Å². The zero-order valence-corrected chi connectivity index (χ0v) is 22.7. The maximum atomic E-state index is 11.9. The number of aromatic hydroxyl groups is 1. The number of hydrogen-bond acceptors (Lipinski definition) is 11. The lowest BCUT2D eigenvalue weighted by Gasteiger charge is -2.34. The van der Waals surface area contributed by atoms with Crippen molar-refractivity contribution < 1.29 is 48.3 Å². The van der Waals surface area contributed by atoms with Gasteiger partial charge in [0.05, 0.1) is 16.8 Å². The fourth-order valence-electron chi connectivity index (χ4n) is 3.98. The molecule has 11 heteroatoms. The molecule has 0 bridgehead atoms. The predicted molar refractivity (Wildman–Crippen MR) is 144 cm³/mol. The van der Waals surface area contributed by atoms with Crippen LogP contribution < -0.4 is 4.74 Å². The van der Waals surface area contributed by atoms with Crippen LogP contribution in [0.5, 0.6) is 11.5 Å². The highest BCUT2D eigenvalue weighted by atomic mass is 16.7. The molecule has 0 aliphatic heterocycles. The maximum absolute atomic E-state index is 11.9. The largest absolute Gasteiger partial charge is 0.507 e. The first-order chi connectivity index (χ1) is 19.0. The van der Waals surface area contributed by atoms with E-state index in [4.69, 9.17) is 23.7 Å². The summed E-state index contributed by atoms with van der Waals surface area (Å²) in [6, 6.07) is 15.2. The number of benzene rings is 2. The van der Waals surface area contributed by atoms with E-state index in [9.17, 15) is 24.6 Å². The molecule has 3 rings (SSSR count). The Morgan fingerprint density at radius 1 is 0.875 bits per heavy atom. The van der Waals surface area contributed by atoms with Crippen LogP contribution in [-0.2, 0) is 33.3 Å². The summed E-state index contributed by atoms with van der Waals surface area (Å²) in [6.45, 7) is 4.92. The second kappa shape index (κ2) is 13.4. The molecule has 0 unspecified atom stereocenters. The summed E-state index contributed by atoms with van der Waals surface area (Å²) < 4.78 is 27.0. The second-order valence-electron chi connectivity index (χ2n) is 8.82. The van der Waals surface area contributed by atoms with Gasteiger partial charge in [-0.3, -0.25) is 14.4 Å². The number of rotatable bonds is 11. The number of para-hydroxylation sites is 1. The molecule has 0 spiro atoms. The third-order valence-electron chi connectivity index (χ3n) is 5.64. The standard InChI is InChI=1S/C29H31NO10/c1-16(37-17(2)31)27(38-18(3)32)28(39-19(4)33)29(36-5)40-22-12-13-23(26(35)15-22)25(34)14-21-11-10-20-8-6-7-9-24(20)30-21/h6-16,27-29,34-35H,1-5H3/b25-14-/t16-,27-,28-,29-/m0/s1. The van der Waals surface area contributed by atoms with Crippen LogP contribution in [0.15, 0.2) is 54.6 Å². The van der Waals surface area contributed by atoms with Crippen molar-refractivity contribution >= 4 is 40.6 Å². The van der Waals surface area contributed by atoms with Crippen LogP contribution in [0.3, 0.4) is 0 Å². The Morgan fingerprint density at radius 2 is 1.52 bits per heavy atom. The molecule has 0 saturated carbocycles. The van der Waals surface area contributed by atoms with Crippen molar-refractivity contribution in [2.75, 3.05) is 7.11 Å². The number of aromatic nitrogens is 1. The molecule has 40 heavy (non-hydrogen) atoms. The van der Waals surface area contributed by atoms with Gasteiger partial charge in [0.25, 0.3) is 0 Å².